The van der Waals surface area contributed by atoms with Gasteiger partial charge in [0.05, 0.1) is 5.56 Å². The topological polar surface area (TPSA) is 52.9 Å². The second-order valence-electron chi connectivity index (χ2n) is 5.12. The fraction of sp³-hybridized carbons (Fsp3) is 0.286. The Morgan fingerprint density at radius 3 is 2.52 bits per heavy atom. The number of amidine groups is 1. The minimum absolute atomic E-state index is 0.0300. The zero-order chi connectivity index (χ0) is 16.7. The van der Waals surface area contributed by atoms with Crippen molar-refractivity contribution in [1.29, 1.82) is 0 Å². The monoisotopic (exact) mass is 346 g/mol. The lowest BCUT2D eigenvalue weighted by Crippen LogP contribution is -2.41. The van der Waals surface area contributed by atoms with Gasteiger partial charge in [0.15, 0.2) is 29.1 Å². The zero-order valence-electron chi connectivity index (χ0n) is 11.5. The van der Waals surface area contributed by atoms with Crippen molar-refractivity contribution in [3.05, 3.63) is 46.5 Å². The highest BCUT2D eigenvalue weighted by Crippen LogP contribution is 2.35. The average molecular weight is 346 g/mol. The number of thioether (sulfide) groups is 1. The van der Waals surface area contributed by atoms with E-state index in [1.54, 1.807) is 0 Å². The molecule has 0 aliphatic carbocycles. The SMILES string of the molecule is O=C1C=C2CN(/C(=N/O)c3c(F)c(F)cc(F)c3F)CCC2S1. The fourth-order valence-corrected chi connectivity index (χ4v) is 3.70. The first-order valence-corrected chi connectivity index (χ1v) is 7.51. The van der Waals surface area contributed by atoms with E-state index in [1.165, 1.54) is 11.0 Å². The smallest absolute Gasteiger partial charge is 0.212 e. The van der Waals surface area contributed by atoms with Crippen LogP contribution in [-0.4, -0.2) is 39.4 Å². The normalized spacial score (nSPS) is 21.5. The summed E-state index contributed by atoms with van der Waals surface area (Å²) in [5.74, 6) is -7.04. The molecular formula is C14H10F4N2O2S. The van der Waals surface area contributed by atoms with Crippen LogP contribution in [0.3, 0.4) is 0 Å². The van der Waals surface area contributed by atoms with Gasteiger partial charge in [-0.05, 0) is 18.1 Å². The van der Waals surface area contributed by atoms with E-state index in [0.717, 1.165) is 11.8 Å². The van der Waals surface area contributed by atoms with Crippen LogP contribution in [-0.2, 0) is 4.79 Å². The third-order valence-electron chi connectivity index (χ3n) is 3.74. The largest absolute Gasteiger partial charge is 0.409 e. The average Bonchev–Trinajstić information content (AvgIpc) is 2.88. The molecular weight excluding hydrogens is 336 g/mol. The lowest BCUT2D eigenvalue weighted by atomic mass is 10.0. The Labute approximate surface area is 132 Å². The van der Waals surface area contributed by atoms with Crippen molar-refractivity contribution in [2.75, 3.05) is 13.1 Å². The third-order valence-corrected chi connectivity index (χ3v) is 4.91. The fourth-order valence-electron chi connectivity index (χ4n) is 2.68. The number of hydrogen-bond acceptors (Lipinski definition) is 4. The summed E-state index contributed by atoms with van der Waals surface area (Å²) in [7, 11) is 0. The van der Waals surface area contributed by atoms with Gasteiger partial charge in [0.25, 0.3) is 0 Å². The number of oxime groups is 1. The molecule has 1 N–H and O–H groups in total. The number of likely N-dealkylation sites (tertiary alicyclic amines) is 1. The van der Waals surface area contributed by atoms with Crippen LogP contribution in [0.1, 0.15) is 12.0 Å². The molecule has 0 saturated carbocycles. The molecule has 1 atom stereocenters. The molecule has 23 heavy (non-hydrogen) atoms. The van der Waals surface area contributed by atoms with E-state index in [-0.39, 0.29) is 29.5 Å². The molecule has 1 aromatic carbocycles. The van der Waals surface area contributed by atoms with E-state index in [2.05, 4.69) is 5.16 Å². The minimum atomic E-state index is -1.63. The molecule has 2 aliphatic rings. The number of rotatable bonds is 1. The first kappa shape index (κ1) is 15.9. The van der Waals surface area contributed by atoms with Crippen LogP contribution in [0.15, 0.2) is 22.9 Å². The van der Waals surface area contributed by atoms with E-state index in [4.69, 9.17) is 5.21 Å². The predicted octanol–water partition coefficient (Wildman–Crippen LogP) is 2.65. The maximum atomic E-state index is 13.9. The second-order valence-corrected chi connectivity index (χ2v) is 6.33. The summed E-state index contributed by atoms with van der Waals surface area (Å²) in [4.78, 5) is 12.7. The van der Waals surface area contributed by atoms with Crippen molar-refractivity contribution in [2.24, 2.45) is 5.16 Å². The highest BCUT2D eigenvalue weighted by Gasteiger charge is 2.35. The number of piperidine rings is 1. The maximum Gasteiger partial charge on any atom is 0.212 e. The number of fused-ring (bicyclic) bond motifs is 1. The standard InChI is InChI=1S/C14H10F4N2O2S/c15-7-4-8(16)13(18)11(12(7)17)14(19-22)20-2-1-9-6(5-20)3-10(21)23-9/h3-4,9,22H,1-2,5H2/b19-14+. The third kappa shape index (κ3) is 2.69. The van der Waals surface area contributed by atoms with E-state index in [1.807, 2.05) is 0 Å². The van der Waals surface area contributed by atoms with Gasteiger partial charge < -0.3 is 10.1 Å². The number of carbonyl (C=O) groups excluding carboxylic acids is 1. The van der Waals surface area contributed by atoms with Crippen molar-refractivity contribution in [3.63, 3.8) is 0 Å². The number of carbonyl (C=O) groups is 1. The highest BCUT2D eigenvalue weighted by atomic mass is 32.2. The van der Waals surface area contributed by atoms with Gasteiger partial charge in [0.1, 0.15) is 0 Å². The molecule has 2 aliphatic heterocycles. The zero-order valence-corrected chi connectivity index (χ0v) is 12.3. The summed E-state index contributed by atoms with van der Waals surface area (Å²) < 4.78 is 54.5. The Bertz CT molecular complexity index is 725. The molecule has 1 saturated heterocycles. The van der Waals surface area contributed by atoms with Crippen molar-refractivity contribution in [2.45, 2.75) is 11.7 Å². The Morgan fingerprint density at radius 1 is 1.26 bits per heavy atom. The van der Waals surface area contributed by atoms with Crippen molar-refractivity contribution >= 4 is 22.7 Å². The molecule has 2 heterocycles. The van der Waals surface area contributed by atoms with Crippen LogP contribution in [0.2, 0.25) is 0 Å². The summed E-state index contributed by atoms with van der Waals surface area (Å²) in [6.45, 7) is 0.304. The summed E-state index contributed by atoms with van der Waals surface area (Å²) in [5.41, 5.74) is -0.355. The molecule has 0 amide bonds. The number of benzene rings is 1. The summed E-state index contributed by atoms with van der Waals surface area (Å²) in [6, 6.07) is 0.0875. The molecule has 1 aromatic rings. The van der Waals surface area contributed by atoms with E-state index in [0.29, 0.717) is 12.0 Å². The van der Waals surface area contributed by atoms with Gasteiger partial charge in [-0.15, -0.1) is 0 Å². The van der Waals surface area contributed by atoms with Gasteiger partial charge in [-0.2, -0.15) is 0 Å². The van der Waals surface area contributed by atoms with Gasteiger partial charge in [0, 0.05) is 24.4 Å². The second kappa shape index (κ2) is 5.88. The van der Waals surface area contributed by atoms with Crippen LogP contribution in [0, 0.1) is 23.3 Å². The van der Waals surface area contributed by atoms with Crippen LogP contribution in [0.4, 0.5) is 17.6 Å². The molecule has 1 unspecified atom stereocenters. The first-order valence-electron chi connectivity index (χ1n) is 6.63. The molecule has 1 fully saturated rings. The number of nitrogens with zero attached hydrogens (tertiary/aromatic N) is 2. The summed E-state index contributed by atoms with van der Waals surface area (Å²) in [5, 5.41) is 11.8. The van der Waals surface area contributed by atoms with Crippen molar-refractivity contribution in [1.82, 2.24) is 4.90 Å². The Hall–Kier alpha value is -2.03. The van der Waals surface area contributed by atoms with Crippen LogP contribution < -0.4 is 0 Å². The molecule has 0 radical (unpaired) electrons. The predicted molar refractivity (Wildman–Crippen MR) is 75.3 cm³/mol. The molecule has 4 nitrogen and oxygen atoms in total. The highest BCUT2D eigenvalue weighted by molar-refractivity contribution is 8.15. The van der Waals surface area contributed by atoms with Crippen molar-refractivity contribution in [3.8, 4) is 0 Å². The Morgan fingerprint density at radius 2 is 1.91 bits per heavy atom. The lowest BCUT2D eigenvalue weighted by molar-refractivity contribution is -0.106. The lowest BCUT2D eigenvalue weighted by Gasteiger charge is -2.33. The molecule has 3 rings (SSSR count). The van der Waals surface area contributed by atoms with Gasteiger partial charge in [0.2, 0.25) is 5.12 Å². The molecule has 0 bridgehead atoms. The molecule has 122 valence electrons. The van der Waals surface area contributed by atoms with E-state index < -0.39 is 34.7 Å². The molecule has 0 aromatic heterocycles. The van der Waals surface area contributed by atoms with Gasteiger partial charge in [-0.1, -0.05) is 16.9 Å². The van der Waals surface area contributed by atoms with E-state index >= 15 is 0 Å². The number of hydrogen-bond donors (Lipinski definition) is 1. The number of halogens is 4. The van der Waals surface area contributed by atoms with Gasteiger partial charge >= 0.3 is 0 Å². The van der Waals surface area contributed by atoms with Crippen LogP contribution >= 0.6 is 11.8 Å². The molecule has 0 spiro atoms. The Kier molecular flexibility index (Phi) is 4.05. The van der Waals surface area contributed by atoms with Gasteiger partial charge in [-0.3, -0.25) is 4.79 Å². The Balaban J connectivity index is 1.99. The summed E-state index contributed by atoms with van der Waals surface area (Å²) in [6.07, 6.45) is 1.89. The summed E-state index contributed by atoms with van der Waals surface area (Å²) >= 11 is 1.15. The van der Waals surface area contributed by atoms with Crippen LogP contribution in [0.5, 0.6) is 0 Å². The van der Waals surface area contributed by atoms with Gasteiger partial charge in [-0.25, -0.2) is 17.6 Å². The van der Waals surface area contributed by atoms with Crippen molar-refractivity contribution < 1.29 is 27.6 Å². The maximum absolute atomic E-state index is 13.9. The molecule has 9 heteroatoms. The minimum Gasteiger partial charge on any atom is -0.409 e. The quantitative estimate of drug-likeness (QED) is 0.212. The first-order chi connectivity index (χ1) is 10.9. The van der Waals surface area contributed by atoms with Crippen LogP contribution in [0.25, 0.3) is 0 Å². The van der Waals surface area contributed by atoms with E-state index in [9.17, 15) is 22.4 Å².